The molecule has 23 heavy (non-hydrogen) atoms. The van der Waals surface area contributed by atoms with Gasteiger partial charge < -0.3 is 10.1 Å². The normalized spacial score (nSPS) is 10.5. The predicted molar refractivity (Wildman–Crippen MR) is 84.9 cm³/mol. The Labute approximate surface area is 133 Å². The number of nitrogens with zero attached hydrogens (tertiary/aromatic N) is 2. The molecule has 0 radical (unpaired) electrons. The van der Waals surface area contributed by atoms with Gasteiger partial charge in [-0.1, -0.05) is 12.1 Å². The number of esters is 1. The van der Waals surface area contributed by atoms with Crippen LogP contribution in [0, 0.1) is 0 Å². The van der Waals surface area contributed by atoms with Crippen molar-refractivity contribution in [2.24, 2.45) is 0 Å². The third-order valence-corrected chi connectivity index (χ3v) is 3.23. The topological polar surface area (TPSA) is 90.3 Å². The Kier molecular flexibility index (Phi) is 5.85. The van der Waals surface area contributed by atoms with E-state index in [-0.39, 0.29) is 30.4 Å². The summed E-state index contributed by atoms with van der Waals surface area (Å²) in [4.78, 5) is 39.4. The van der Waals surface area contributed by atoms with Crippen molar-refractivity contribution in [1.29, 1.82) is 0 Å². The molecular weight excluding hydrogens is 298 g/mol. The minimum atomic E-state index is -0.298. The van der Waals surface area contributed by atoms with Crippen LogP contribution in [-0.4, -0.2) is 34.6 Å². The Balaban J connectivity index is 1.87. The third kappa shape index (κ3) is 4.64. The van der Waals surface area contributed by atoms with Crippen LogP contribution >= 0.6 is 0 Å². The molecular formula is C16H19N3O4. The number of carbonyl (C=O) groups is 2. The third-order valence-electron chi connectivity index (χ3n) is 3.23. The Morgan fingerprint density at radius 2 is 2.09 bits per heavy atom. The molecule has 2 rings (SSSR count). The molecule has 1 N–H and O–H groups in total. The molecule has 2 aromatic rings. The summed E-state index contributed by atoms with van der Waals surface area (Å²) in [6, 6.07) is 6.98. The lowest BCUT2D eigenvalue weighted by Gasteiger charge is -2.08. The number of benzene rings is 1. The maximum atomic E-state index is 12.2. The van der Waals surface area contributed by atoms with Crippen LogP contribution in [0.3, 0.4) is 0 Å². The summed E-state index contributed by atoms with van der Waals surface area (Å²) in [5.41, 5.74) is 0.348. The van der Waals surface area contributed by atoms with E-state index in [0.717, 1.165) is 0 Å². The lowest BCUT2D eigenvalue weighted by atomic mass is 10.2. The van der Waals surface area contributed by atoms with Crippen LogP contribution in [0.5, 0.6) is 0 Å². The molecule has 0 aliphatic carbocycles. The van der Waals surface area contributed by atoms with Gasteiger partial charge >= 0.3 is 5.97 Å². The molecule has 0 atom stereocenters. The summed E-state index contributed by atoms with van der Waals surface area (Å²) in [6.07, 6.45) is 2.11. The summed E-state index contributed by atoms with van der Waals surface area (Å²) in [7, 11) is 0. The fourth-order valence-electron chi connectivity index (χ4n) is 2.12. The molecule has 0 unspecified atom stereocenters. The van der Waals surface area contributed by atoms with Crippen LogP contribution in [-0.2, 0) is 20.9 Å². The second-order valence-corrected chi connectivity index (χ2v) is 4.95. The van der Waals surface area contributed by atoms with Crippen molar-refractivity contribution < 1.29 is 14.3 Å². The fourth-order valence-corrected chi connectivity index (χ4v) is 2.12. The standard InChI is InChI=1S/C16H19N3O4/c1-2-23-15(21)8-5-9-17-14(20)10-19-11-18-13-7-4-3-6-12(13)16(19)22/h3-4,6-7,11H,2,5,8-10H2,1H3,(H,17,20). The SMILES string of the molecule is CCOC(=O)CCCNC(=O)Cn1cnc2ccccc2c1=O. The molecule has 1 amide bonds. The lowest BCUT2D eigenvalue weighted by molar-refractivity contribution is -0.143. The first kappa shape index (κ1) is 16.7. The maximum absolute atomic E-state index is 12.2. The van der Waals surface area contributed by atoms with Crippen LogP contribution in [0.4, 0.5) is 0 Å². The van der Waals surface area contributed by atoms with Gasteiger partial charge in [-0.25, -0.2) is 4.98 Å². The van der Waals surface area contributed by atoms with E-state index < -0.39 is 0 Å². The van der Waals surface area contributed by atoms with Gasteiger partial charge in [0, 0.05) is 13.0 Å². The first-order chi connectivity index (χ1) is 11.1. The first-order valence-electron chi connectivity index (χ1n) is 7.48. The molecule has 122 valence electrons. The number of para-hydroxylation sites is 1. The number of carbonyl (C=O) groups excluding carboxylic acids is 2. The average molecular weight is 317 g/mol. The molecule has 0 aliphatic heterocycles. The zero-order chi connectivity index (χ0) is 16.7. The molecule has 0 spiro atoms. The van der Waals surface area contributed by atoms with Gasteiger partial charge in [-0.3, -0.25) is 19.0 Å². The molecule has 0 saturated carbocycles. The van der Waals surface area contributed by atoms with Gasteiger partial charge in [0.2, 0.25) is 5.91 Å². The summed E-state index contributed by atoms with van der Waals surface area (Å²) < 4.78 is 6.06. The molecule has 1 aromatic heterocycles. The van der Waals surface area contributed by atoms with Crippen molar-refractivity contribution in [2.75, 3.05) is 13.2 Å². The number of amides is 1. The fraction of sp³-hybridized carbons (Fsp3) is 0.375. The van der Waals surface area contributed by atoms with Gasteiger partial charge in [0.15, 0.2) is 0 Å². The highest BCUT2D eigenvalue weighted by molar-refractivity contribution is 5.78. The van der Waals surface area contributed by atoms with Crippen molar-refractivity contribution in [1.82, 2.24) is 14.9 Å². The van der Waals surface area contributed by atoms with Gasteiger partial charge in [-0.15, -0.1) is 0 Å². The van der Waals surface area contributed by atoms with Crippen LogP contribution in [0.1, 0.15) is 19.8 Å². The smallest absolute Gasteiger partial charge is 0.305 e. The van der Waals surface area contributed by atoms with Crippen molar-refractivity contribution in [2.45, 2.75) is 26.3 Å². The minimum absolute atomic E-state index is 0.101. The number of hydrogen-bond donors (Lipinski definition) is 1. The second-order valence-electron chi connectivity index (χ2n) is 4.95. The van der Waals surface area contributed by atoms with E-state index in [1.165, 1.54) is 10.9 Å². The van der Waals surface area contributed by atoms with Gasteiger partial charge in [-0.05, 0) is 25.5 Å². The highest BCUT2D eigenvalue weighted by Crippen LogP contribution is 2.04. The monoisotopic (exact) mass is 317 g/mol. The average Bonchev–Trinajstić information content (AvgIpc) is 2.55. The summed E-state index contributed by atoms with van der Waals surface area (Å²) in [6.45, 7) is 2.35. The van der Waals surface area contributed by atoms with Crippen LogP contribution in [0.25, 0.3) is 10.9 Å². The van der Waals surface area contributed by atoms with Gasteiger partial charge in [0.25, 0.3) is 5.56 Å². The largest absolute Gasteiger partial charge is 0.466 e. The summed E-state index contributed by atoms with van der Waals surface area (Å²) >= 11 is 0. The highest BCUT2D eigenvalue weighted by atomic mass is 16.5. The van der Waals surface area contributed by atoms with E-state index >= 15 is 0 Å². The molecule has 0 aliphatic rings. The summed E-state index contributed by atoms with van der Waals surface area (Å²) in [5, 5.41) is 3.15. The van der Waals surface area contributed by atoms with E-state index in [2.05, 4.69) is 10.3 Å². The number of rotatable bonds is 7. The van der Waals surface area contributed by atoms with Crippen molar-refractivity contribution in [3.8, 4) is 0 Å². The Hall–Kier alpha value is -2.70. The van der Waals surface area contributed by atoms with Crippen LogP contribution in [0.2, 0.25) is 0 Å². The Bertz CT molecular complexity index is 754. The summed E-state index contributed by atoms with van der Waals surface area (Å²) in [5.74, 6) is -0.579. The van der Waals surface area contributed by atoms with Crippen LogP contribution in [0.15, 0.2) is 35.4 Å². The first-order valence-corrected chi connectivity index (χ1v) is 7.48. The highest BCUT2D eigenvalue weighted by Gasteiger charge is 2.08. The van der Waals surface area contributed by atoms with Gasteiger partial charge in [0.1, 0.15) is 6.54 Å². The van der Waals surface area contributed by atoms with Crippen LogP contribution < -0.4 is 10.9 Å². The lowest BCUT2D eigenvalue weighted by Crippen LogP contribution is -2.33. The number of fused-ring (bicyclic) bond motifs is 1. The second kappa shape index (κ2) is 8.07. The van der Waals surface area contributed by atoms with E-state index in [1.807, 2.05) is 0 Å². The van der Waals surface area contributed by atoms with E-state index in [1.54, 1.807) is 31.2 Å². The zero-order valence-corrected chi connectivity index (χ0v) is 12.9. The molecule has 7 heteroatoms. The zero-order valence-electron chi connectivity index (χ0n) is 12.9. The molecule has 1 heterocycles. The Morgan fingerprint density at radius 3 is 2.87 bits per heavy atom. The molecule has 7 nitrogen and oxygen atoms in total. The van der Waals surface area contributed by atoms with Crippen molar-refractivity contribution in [3.05, 3.63) is 40.9 Å². The Morgan fingerprint density at radius 1 is 1.30 bits per heavy atom. The molecule has 0 bridgehead atoms. The number of hydrogen-bond acceptors (Lipinski definition) is 5. The number of nitrogens with one attached hydrogen (secondary N) is 1. The number of aromatic nitrogens is 2. The molecule has 0 saturated heterocycles. The van der Waals surface area contributed by atoms with E-state index in [0.29, 0.717) is 30.5 Å². The van der Waals surface area contributed by atoms with Gasteiger partial charge in [0.05, 0.1) is 23.8 Å². The number of ether oxygens (including phenoxy) is 1. The maximum Gasteiger partial charge on any atom is 0.305 e. The quantitative estimate of drug-likeness (QED) is 0.604. The molecule has 0 fully saturated rings. The van der Waals surface area contributed by atoms with Gasteiger partial charge in [-0.2, -0.15) is 0 Å². The van der Waals surface area contributed by atoms with Crippen molar-refractivity contribution in [3.63, 3.8) is 0 Å². The van der Waals surface area contributed by atoms with E-state index in [4.69, 9.17) is 4.74 Å². The predicted octanol–water partition coefficient (Wildman–Crippen LogP) is 0.856. The van der Waals surface area contributed by atoms with E-state index in [9.17, 15) is 14.4 Å². The van der Waals surface area contributed by atoms with Crippen molar-refractivity contribution >= 4 is 22.8 Å². The molecule has 1 aromatic carbocycles. The minimum Gasteiger partial charge on any atom is -0.466 e.